The quantitative estimate of drug-likeness (QED) is 0.657. The third-order valence-corrected chi connectivity index (χ3v) is 7.08. The van der Waals surface area contributed by atoms with Crippen LogP contribution in [-0.2, 0) is 14.3 Å². The Labute approximate surface area is 195 Å². The number of ketones is 2. The molecular weight excluding hydrogens is 426 g/mol. The first-order valence-corrected chi connectivity index (χ1v) is 11.6. The van der Waals surface area contributed by atoms with Gasteiger partial charge in [0.25, 0.3) is 0 Å². The molecule has 5 nitrogen and oxygen atoms in total. The van der Waals surface area contributed by atoms with Crippen molar-refractivity contribution >= 4 is 23.2 Å². The van der Waals surface area contributed by atoms with Gasteiger partial charge < -0.3 is 14.7 Å². The highest BCUT2D eigenvalue weighted by Gasteiger charge is 2.49. The van der Waals surface area contributed by atoms with E-state index in [4.69, 9.17) is 16.3 Å². The van der Waals surface area contributed by atoms with Crippen LogP contribution in [0.4, 0.5) is 0 Å². The normalized spacial score (nSPS) is 22.9. The molecule has 1 aromatic rings. The Kier molecular flexibility index (Phi) is 5.79. The summed E-state index contributed by atoms with van der Waals surface area (Å²) in [6, 6.07) is 4.86. The molecule has 1 N–H and O–H groups in total. The Balaban J connectivity index is 2.01. The number of Topliss-reactive ketones (excluding diaryl/α,β-unsaturated/α-hetero) is 2. The predicted octanol–water partition coefficient (Wildman–Crippen LogP) is 5.38. The van der Waals surface area contributed by atoms with Crippen molar-refractivity contribution in [1.29, 1.82) is 0 Å². The summed E-state index contributed by atoms with van der Waals surface area (Å²) in [5, 5.41) is 11.3. The fourth-order valence-electron chi connectivity index (χ4n) is 5.57. The molecule has 1 aromatic carbocycles. The van der Waals surface area contributed by atoms with Crippen molar-refractivity contribution in [3.8, 4) is 5.75 Å². The van der Waals surface area contributed by atoms with Crippen molar-refractivity contribution in [3.63, 3.8) is 0 Å². The maximum atomic E-state index is 13.6. The molecule has 0 unspecified atom stereocenters. The number of methoxy groups -OCH3 is 1. The lowest BCUT2D eigenvalue weighted by Gasteiger charge is -2.49. The minimum atomic E-state index is -0.593. The number of phenols is 1. The van der Waals surface area contributed by atoms with E-state index in [0.29, 0.717) is 47.7 Å². The summed E-state index contributed by atoms with van der Waals surface area (Å²) in [6.07, 6.45) is 2.26. The maximum Gasteiger partial charge on any atom is 0.162 e. The van der Waals surface area contributed by atoms with Gasteiger partial charge in [-0.2, -0.15) is 0 Å². The number of hydrogen-bond donors (Lipinski definition) is 1. The Morgan fingerprint density at radius 3 is 2.03 bits per heavy atom. The molecule has 1 heterocycles. The molecule has 0 saturated heterocycles. The lowest BCUT2D eigenvalue weighted by Crippen LogP contribution is -2.45. The van der Waals surface area contributed by atoms with Crippen molar-refractivity contribution in [1.82, 2.24) is 4.90 Å². The van der Waals surface area contributed by atoms with Gasteiger partial charge in [0.2, 0.25) is 0 Å². The zero-order chi connectivity index (χ0) is 23.4. The summed E-state index contributed by atoms with van der Waals surface area (Å²) in [6.45, 7) is 9.49. The van der Waals surface area contributed by atoms with Gasteiger partial charge in [0.05, 0.1) is 6.61 Å². The van der Waals surface area contributed by atoms with Crippen LogP contribution in [-0.4, -0.2) is 41.8 Å². The summed E-state index contributed by atoms with van der Waals surface area (Å²) in [5.74, 6) is -0.470. The third-order valence-electron chi connectivity index (χ3n) is 6.84. The van der Waals surface area contributed by atoms with E-state index >= 15 is 0 Å². The number of nitrogens with zero attached hydrogens (tertiary/aromatic N) is 1. The Hall–Kier alpha value is -2.11. The number of halogens is 1. The molecule has 0 saturated carbocycles. The van der Waals surface area contributed by atoms with Crippen LogP contribution in [0.3, 0.4) is 0 Å². The van der Waals surface area contributed by atoms with Crippen molar-refractivity contribution in [3.05, 3.63) is 51.3 Å². The number of allylic oxidation sites excluding steroid dienone is 4. The van der Waals surface area contributed by atoms with Crippen LogP contribution in [0.5, 0.6) is 5.75 Å². The molecule has 6 heteroatoms. The van der Waals surface area contributed by atoms with Gasteiger partial charge in [0.15, 0.2) is 11.6 Å². The molecule has 0 atom stereocenters. The van der Waals surface area contributed by atoms with E-state index in [1.807, 2.05) is 0 Å². The van der Waals surface area contributed by atoms with Crippen molar-refractivity contribution in [2.75, 3.05) is 20.3 Å². The van der Waals surface area contributed by atoms with Crippen molar-refractivity contribution in [2.45, 2.75) is 59.3 Å². The molecule has 0 aromatic heterocycles. The molecule has 1 aliphatic heterocycles. The number of aromatic hydroxyl groups is 1. The van der Waals surface area contributed by atoms with Gasteiger partial charge in [0.1, 0.15) is 5.75 Å². The first-order chi connectivity index (χ1) is 14.9. The lowest BCUT2D eigenvalue weighted by atomic mass is 9.63. The SMILES string of the molecule is COCCN1C2=C(C(=O)CC(C)(C)C2)C(c2cc(Cl)ccc2O)C2=C1CC(C)(C)CC2=O. The van der Waals surface area contributed by atoms with Gasteiger partial charge in [-0.1, -0.05) is 39.3 Å². The highest BCUT2D eigenvalue weighted by atomic mass is 35.5. The first kappa shape index (κ1) is 23.1. The van der Waals surface area contributed by atoms with Crippen LogP contribution in [0, 0.1) is 10.8 Å². The third kappa shape index (κ3) is 4.01. The van der Waals surface area contributed by atoms with E-state index in [2.05, 4.69) is 32.6 Å². The second-order valence-electron chi connectivity index (χ2n) is 10.9. The van der Waals surface area contributed by atoms with Crippen LogP contribution >= 0.6 is 11.6 Å². The van der Waals surface area contributed by atoms with E-state index in [-0.39, 0.29) is 28.1 Å². The zero-order valence-electron chi connectivity index (χ0n) is 19.5. The molecule has 0 fully saturated rings. The molecule has 0 spiro atoms. The van der Waals surface area contributed by atoms with E-state index in [0.717, 1.165) is 24.2 Å². The van der Waals surface area contributed by atoms with E-state index < -0.39 is 5.92 Å². The van der Waals surface area contributed by atoms with E-state index in [1.165, 1.54) is 0 Å². The summed E-state index contributed by atoms with van der Waals surface area (Å²) in [4.78, 5) is 29.3. The Bertz CT molecular complexity index is 996. The number of phenolic OH excluding ortho intramolecular Hbond substituents is 1. The standard InChI is InChI=1S/C26H32ClNO4/c1-25(2)11-17-23(20(30)13-25)22(16-10-15(27)6-7-19(16)29)24-18(28(17)8-9-32-5)12-26(3,4)14-21(24)31/h6-7,10,22,29H,8-9,11-14H2,1-5H3. The molecule has 0 bridgehead atoms. The number of carbonyl (C=O) groups is 2. The lowest BCUT2D eigenvalue weighted by molar-refractivity contribution is -0.119. The molecule has 0 amide bonds. The van der Waals surface area contributed by atoms with Crippen LogP contribution in [0.15, 0.2) is 40.7 Å². The average Bonchev–Trinajstić information content (AvgIpc) is 2.66. The maximum absolute atomic E-state index is 13.6. The summed E-state index contributed by atoms with van der Waals surface area (Å²) >= 11 is 6.31. The fourth-order valence-corrected chi connectivity index (χ4v) is 5.75. The predicted molar refractivity (Wildman–Crippen MR) is 125 cm³/mol. The smallest absolute Gasteiger partial charge is 0.162 e. The van der Waals surface area contributed by atoms with Gasteiger partial charge in [0, 0.05) is 65.5 Å². The summed E-state index contributed by atoms with van der Waals surface area (Å²) in [7, 11) is 1.66. The highest BCUT2D eigenvalue weighted by molar-refractivity contribution is 6.30. The summed E-state index contributed by atoms with van der Waals surface area (Å²) < 4.78 is 5.39. The number of hydrogen-bond acceptors (Lipinski definition) is 5. The topological polar surface area (TPSA) is 66.8 Å². The van der Waals surface area contributed by atoms with Gasteiger partial charge in [-0.15, -0.1) is 0 Å². The average molecular weight is 458 g/mol. The molecule has 2 aliphatic carbocycles. The van der Waals surface area contributed by atoms with Crippen molar-refractivity contribution in [2.24, 2.45) is 10.8 Å². The van der Waals surface area contributed by atoms with Crippen LogP contribution in [0.2, 0.25) is 5.02 Å². The van der Waals surface area contributed by atoms with E-state index in [1.54, 1.807) is 25.3 Å². The number of rotatable bonds is 4. The van der Waals surface area contributed by atoms with Crippen molar-refractivity contribution < 1.29 is 19.4 Å². The van der Waals surface area contributed by atoms with Gasteiger partial charge in [-0.05, 0) is 41.9 Å². The Morgan fingerprint density at radius 2 is 1.53 bits per heavy atom. The van der Waals surface area contributed by atoms with Gasteiger partial charge >= 0.3 is 0 Å². The number of carbonyl (C=O) groups excluding carboxylic acids is 2. The number of ether oxygens (including phenoxy) is 1. The minimum absolute atomic E-state index is 0.0345. The molecule has 172 valence electrons. The highest BCUT2D eigenvalue weighted by Crippen LogP contribution is 2.55. The minimum Gasteiger partial charge on any atom is -0.508 e. The fraction of sp³-hybridized carbons (Fsp3) is 0.538. The number of benzene rings is 1. The molecule has 4 rings (SSSR count). The first-order valence-electron chi connectivity index (χ1n) is 11.2. The second kappa shape index (κ2) is 8.03. The van der Waals surface area contributed by atoms with Crippen LogP contribution in [0.25, 0.3) is 0 Å². The molecule has 3 aliphatic rings. The largest absolute Gasteiger partial charge is 0.508 e. The van der Waals surface area contributed by atoms with Gasteiger partial charge in [-0.3, -0.25) is 9.59 Å². The molecule has 0 radical (unpaired) electrons. The van der Waals surface area contributed by atoms with E-state index in [9.17, 15) is 14.7 Å². The summed E-state index contributed by atoms with van der Waals surface area (Å²) in [5.41, 5.74) is 3.33. The Morgan fingerprint density at radius 1 is 1.00 bits per heavy atom. The second-order valence-corrected chi connectivity index (χ2v) is 11.3. The molecular formula is C26H32ClNO4. The zero-order valence-corrected chi connectivity index (χ0v) is 20.3. The van der Waals surface area contributed by atoms with Crippen LogP contribution in [0.1, 0.15) is 64.9 Å². The molecule has 32 heavy (non-hydrogen) atoms. The van der Waals surface area contributed by atoms with Gasteiger partial charge in [-0.25, -0.2) is 0 Å². The van der Waals surface area contributed by atoms with Crippen LogP contribution < -0.4 is 0 Å². The monoisotopic (exact) mass is 457 g/mol.